The number of benzene rings is 1. The van der Waals surface area contributed by atoms with Crippen LogP contribution in [0.15, 0.2) is 18.2 Å². The standard InChI is InChI=1S/C13H21NO2/c1-10-5-6-12(13(15)9-10)11(2)14-7-4-8-16-3/h5-6,9,11,14-15H,4,7-8H2,1-3H3. The Hall–Kier alpha value is -1.06. The molecule has 0 aliphatic heterocycles. The normalized spacial score (nSPS) is 12.7. The highest BCUT2D eigenvalue weighted by Crippen LogP contribution is 2.24. The van der Waals surface area contributed by atoms with E-state index < -0.39 is 0 Å². The molecule has 1 atom stereocenters. The zero-order chi connectivity index (χ0) is 12.0. The molecule has 0 fully saturated rings. The Morgan fingerprint density at radius 2 is 2.19 bits per heavy atom. The summed E-state index contributed by atoms with van der Waals surface area (Å²) < 4.78 is 4.98. The van der Waals surface area contributed by atoms with Crippen molar-refractivity contribution >= 4 is 0 Å². The average molecular weight is 223 g/mol. The maximum absolute atomic E-state index is 9.80. The van der Waals surface area contributed by atoms with E-state index in [1.165, 1.54) is 0 Å². The van der Waals surface area contributed by atoms with E-state index in [2.05, 4.69) is 12.2 Å². The van der Waals surface area contributed by atoms with Gasteiger partial charge in [-0.25, -0.2) is 0 Å². The maximum atomic E-state index is 9.80. The molecule has 0 amide bonds. The molecular formula is C13H21NO2. The molecule has 0 saturated carbocycles. The van der Waals surface area contributed by atoms with Gasteiger partial charge in [-0.05, 0) is 38.4 Å². The molecule has 0 aliphatic rings. The maximum Gasteiger partial charge on any atom is 0.120 e. The second-order valence-electron chi connectivity index (χ2n) is 4.08. The van der Waals surface area contributed by atoms with Gasteiger partial charge in [0.2, 0.25) is 0 Å². The van der Waals surface area contributed by atoms with Crippen LogP contribution in [0.1, 0.15) is 30.5 Å². The van der Waals surface area contributed by atoms with Crippen molar-refractivity contribution in [2.45, 2.75) is 26.3 Å². The fourth-order valence-electron chi connectivity index (χ4n) is 1.66. The van der Waals surface area contributed by atoms with E-state index in [-0.39, 0.29) is 6.04 Å². The van der Waals surface area contributed by atoms with Gasteiger partial charge in [0.15, 0.2) is 0 Å². The minimum Gasteiger partial charge on any atom is -0.508 e. The Kier molecular flexibility index (Phi) is 5.29. The third kappa shape index (κ3) is 3.83. The van der Waals surface area contributed by atoms with Crippen molar-refractivity contribution in [3.05, 3.63) is 29.3 Å². The number of aromatic hydroxyl groups is 1. The van der Waals surface area contributed by atoms with Crippen LogP contribution in [0, 0.1) is 6.92 Å². The zero-order valence-corrected chi connectivity index (χ0v) is 10.3. The second-order valence-corrected chi connectivity index (χ2v) is 4.08. The SMILES string of the molecule is COCCCNC(C)c1ccc(C)cc1O. The van der Waals surface area contributed by atoms with E-state index in [1.54, 1.807) is 13.2 Å². The van der Waals surface area contributed by atoms with E-state index in [0.29, 0.717) is 5.75 Å². The van der Waals surface area contributed by atoms with Crippen LogP contribution < -0.4 is 5.32 Å². The van der Waals surface area contributed by atoms with Gasteiger partial charge in [-0.1, -0.05) is 12.1 Å². The molecular weight excluding hydrogens is 202 g/mol. The average Bonchev–Trinajstić information content (AvgIpc) is 2.24. The lowest BCUT2D eigenvalue weighted by Gasteiger charge is -2.15. The molecule has 0 heterocycles. The van der Waals surface area contributed by atoms with Crippen LogP contribution >= 0.6 is 0 Å². The smallest absolute Gasteiger partial charge is 0.120 e. The van der Waals surface area contributed by atoms with Gasteiger partial charge < -0.3 is 15.2 Å². The van der Waals surface area contributed by atoms with Crippen LogP contribution in [0.3, 0.4) is 0 Å². The van der Waals surface area contributed by atoms with Crippen molar-refractivity contribution in [3.63, 3.8) is 0 Å². The summed E-state index contributed by atoms with van der Waals surface area (Å²) in [6, 6.07) is 5.95. The van der Waals surface area contributed by atoms with Crippen molar-refractivity contribution in [2.24, 2.45) is 0 Å². The lowest BCUT2D eigenvalue weighted by atomic mass is 10.1. The molecule has 3 nitrogen and oxygen atoms in total. The summed E-state index contributed by atoms with van der Waals surface area (Å²) in [6.45, 7) is 5.68. The Morgan fingerprint density at radius 1 is 1.44 bits per heavy atom. The molecule has 0 saturated heterocycles. The van der Waals surface area contributed by atoms with E-state index in [0.717, 1.165) is 30.7 Å². The number of phenolic OH excluding ortho intramolecular Hbond substituents is 1. The van der Waals surface area contributed by atoms with Crippen LogP contribution in [0.25, 0.3) is 0 Å². The van der Waals surface area contributed by atoms with Crippen molar-refractivity contribution < 1.29 is 9.84 Å². The van der Waals surface area contributed by atoms with Crippen LogP contribution in [-0.4, -0.2) is 25.4 Å². The molecule has 1 unspecified atom stereocenters. The first-order valence-corrected chi connectivity index (χ1v) is 5.67. The van der Waals surface area contributed by atoms with Crippen molar-refractivity contribution in [1.82, 2.24) is 5.32 Å². The monoisotopic (exact) mass is 223 g/mol. The Labute approximate surface area is 97.4 Å². The van der Waals surface area contributed by atoms with Gasteiger partial charge in [0, 0.05) is 25.3 Å². The number of nitrogens with one attached hydrogen (secondary N) is 1. The highest BCUT2D eigenvalue weighted by molar-refractivity contribution is 5.37. The van der Waals surface area contributed by atoms with E-state index >= 15 is 0 Å². The van der Waals surface area contributed by atoms with Gasteiger partial charge in [0.1, 0.15) is 5.75 Å². The van der Waals surface area contributed by atoms with Crippen molar-refractivity contribution in [2.75, 3.05) is 20.3 Å². The summed E-state index contributed by atoms with van der Waals surface area (Å²) in [7, 11) is 1.70. The quantitative estimate of drug-likeness (QED) is 0.728. The van der Waals surface area contributed by atoms with Gasteiger partial charge in [-0.2, -0.15) is 0 Å². The lowest BCUT2D eigenvalue weighted by Crippen LogP contribution is -2.20. The van der Waals surface area contributed by atoms with Gasteiger partial charge in [-0.15, -0.1) is 0 Å². The number of hydrogen-bond donors (Lipinski definition) is 2. The Balaban J connectivity index is 2.49. The number of phenols is 1. The molecule has 1 rings (SSSR count). The van der Waals surface area contributed by atoms with E-state index in [1.807, 2.05) is 19.1 Å². The third-order valence-corrected chi connectivity index (χ3v) is 2.63. The molecule has 16 heavy (non-hydrogen) atoms. The highest BCUT2D eigenvalue weighted by atomic mass is 16.5. The first kappa shape index (κ1) is 13.0. The molecule has 0 aliphatic carbocycles. The minimum atomic E-state index is 0.164. The zero-order valence-electron chi connectivity index (χ0n) is 10.3. The first-order valence-electron chi connectivity index (χ1n) is 5.67. The summed E-state index contributed by atoms with van der Waals surface area (Å²) in [5, 5.41) is 13.2. The molecule has 90 valence electrons. The Bertz CT molecular complexity index is 326. The van der Waals surface area contributed by atoms with Gasteiger partial charge in [-0.3, -0.25) is 0 Å². The van der Waals surface area contributed by atoms with Crippen LogP contribution in [0.2, 0.25) is 0 Å². The molecule has 0 spiro atoms. The number of methoxy groups -OCH3 is 1. The van der Waals surface area contributed by atoms with Gasteiger partial charge in [0.05, 0.1) is 0 Å². The van der Waals surface area contributed by atoms with Crippen LogP contribution in [-0.2, 0) is 4.74 Å². The summed E-state index contributed by atoms with van der Waals surface area (Å²) in [6.07, 6.45) is 0.980. The summed E-state index contributed by atoms with van der Waals surface area (Å²) in [4.78, 5) is 0. The predicted molar refractivity (Wildman–Crippen MR) is 65.8 cm³/mol. The summed E-state index contributed by atoms with van der Waals surface area (Å²) in [5.74, 6) is 0.367. The molecule has 3 heteroatoms. The molecule has 1 aromatic carbocycles. The summed E-state index contributed by atoms with van der Waals surface area (Å²) in [5.41, 5.74) is 2.02. The number of ether oxygens (including phenoxy) is 1. The summed E-state index contributed by atoms with van der Waals surface area (Å²) >= 11 is 0. The predicted octanol–water partition coefficient (Wildman–Crippen LogP) is 2.39. The minimum absolute atomic E-state index is 0.164. The van der Waals surface area contributed by atoms with Crippen molar-refractivity contribution in [3.8, 4) is 5.75 Å². The van der Waals surface area contributed by atoms with E-state index in [4.69, 9.17) is 4.74 Å². The van der Waals surface area contributed by atoms with Crippen molar-refractivity contribution in [1.29, 1.82) is 0 Å². The highest BCUT2D eigenvalue weighted by Gasteiger charge is 2.08. The van der Waals surface area contributed by atoms with Crippen LogP contribution in [0.4, 0.5) is 0 Å². The van der Waals surface area contributed by atoms with Crippen LogP contribution in [0.5, 0.6) is 5.75 Å². The fourth-order valence-corrected chi connectivity index (χ4v) is 1.66. The number of aryl methyl sites for hydroxylation is 1. The number of rotatable bonds is 6. The molecule has 2 N–H and O–H groups in total. The number of hydrogen-bond acceptors (Lipinski definition) is 3. The molecule has 0 bridgehead atoms. The third-order valence-electron chi connectivity index (χ3n) is 2.63. The molecule has 0 radical (unpaired) electrons. The molecule has 0 aromatic heterocycles. The Morgan fingerprint density at radius 3 is 2.81 bits per heavy atom. The fraction of sp³-hybridized carbons (Fsp3) is 0.538. The first-order chi connectivity index (χ1) is 7.65. The second kappa shape index (κ2) is 6.51. The van der Waals surface area contributed by atoms with Gasteiger partial charge >= 0.3 is 0 Å². The largest absolute Gasteiger partial charge is 0.508 e. The van der Waals surface area contributed by atoms with E-state index in [9.17, 15) is 5.11 Å². The topological polar surface area (TPSA) is 41.5 Å². The van der Waals surface area contributed by atoms with Gasteiger partial charge in [0.25, 0.3) is 0 Å². The lowest BCUT2D eigenvalue weighted by molar-refractivity contribution is 0.193. The molecule has 1 aromatic rings.